The van der Waals surface area contributed by atoms with Gasteiger partial charge >= 0.3 is 5.97 Å². The summed E-state index contributed by atoms with van der Waals surface area (Å²) in [6, 6.07) is 10.1. The predicted octanol–water partition coefficient (Wildman–Crippen LogP) is 1.38. The fourth-order valence-electron chi connectivity index (χ4n) is 1.36. The van der Waals surface area contributed by atoms with Crippen LogP contribution in [0, 0.1) is 0 Å². The van der Waals surface area contributed by atoms with Crippen molar-refractivity contribution in [3.63, 3.8) is 0 Å². The SMILES string of the molecule is O=Cc1cc(C(=O)O)nn1-c1ccccc1. The number of hydrogen-bond acceptors (Lipinski definition) is 3. The summed E-state index contributed by atoms with van der Waals surface area (Å²) in [5.41, 5.74) is 0.714. The Morgan fingerprint density at radius 3 is 2.56 bits per heavy atom. The molecule has 1 aromatic heterocycles. The summed E-state index contributed by atoms with van der Waals surface area (Å²) in [5.74, 6) is -1.15. The summed E-state index contributed by atoms with van der Waals surface area (Å²) >= 11 is 0. The Morgan fingerprint density at radius 1 is 1.31 bits per heavy atom. The van der Waals surface area contributed by atoms with Gasteiger partial charge in [-0.15, -0.1) is 0 Å². The van der Waals surface area contributed by atoms with Gasteiger partial charge in [0.05, 0.1) is 5.69 Å². The highest BCUT2D eigenvalue weighted by Crippen LogP contribution is 2.11. The van der Waals surface area contributed by atoms with Crippen LogP contribution in [0.15, 0.2) is 36.4 Å². The van der Waals surface area contributed by atoms with Gasteiger partial charge in [0.2, 0.25) is 0 Å². The molecule has 1 N–H and O–H groups in total. The number of carbonyl (C=O) groups excluding carboxylic acids is 1. The van der Waals surface area contributed by atoms with Gasteiger partial charge in [0.25, 0.3) is 0 Å². The Kier molecular flexibility index (Phi) is 2.51. The summed E-state index contributed by atoms with van der Waals surface area (Å²) in [5, 5.41) is 12.6. The molecule has 0 atom stereocenters. The third-order valence-corrected chi connectivity index (χ3v) is 2.08. The van der Waals surface area contributed by atoms with E-state index in [1.54, 1.807) is 24.3 Å². The molecule has 1 heterocycles. The van der Waals surface area contributed by atoms with E-state index in [2.05, 4.69) is 5.10 Å². The Morgan fingerprint density at radius 2 is 2.00 bits per heavy atom. The fraction of sp³-hybridized carbons (Fsp3) is 0. The molecule has 2 aromatic rings. The van der Waals surface area contributed by atoms with Crippen LogP contribution in [0.1, 0.15) is 21.0 Å². The Balaban J connectivity index is 2.56. The van der Waals surface area contributed by atoms with Gasteiger partial charge < -0.3 is 5.11 Å². The molecule has 0 spiro atoms. The van der Waals surface area contributed by atoms with Gasteiger partial charge in [0.15, 0.2) is 12.0 Å². The van der Waals surface area contributed by atoms with Crippen molar-refractivity contribution in [2.75, 3.05) is 0 Å². The average Bonchev–Trinajstić information content (AvgIpc) is 2.74. The first-order valence-electron chi connectivity index (χ1n) is 4.56. The van der Waals surface area contributed by atoms with Gasteiger partial charge in [-0.25, -0.2) is 9.48 Å². The lowest BCUT2D eigenvalue weighted by Gasteiger charge is -2.01. The number of aromatic carboxylic acids is 1. The minimum absolute atomic E-state index is 0.147. The minimum atomic E-state index is -1.15. The molecule has 0 saturated carbocycles. The van der Waals surface area contributed by atoms with Crippen LogP contribution in [0.4, 0.5) is 0 Å². The first kappa shape index (κ1) is 10.1. The van der Waals surface area contributed by atoms with Crippen LogP contribution < -0.4 is 0 Å². The average molecular weight is 216 g/mol. The fourth-order valence-corrected chi connectivity index (χ4v) is 1.36. The van der Waals surface area contributed by atoms with E-state index in [0.717, 1.165) is 0 Å². The molecule has 0 aliphatic carbocycles. The van der Waals surface area contributed by atoms with Crippen LogP contribution >= 0.6 is 0 Å². The smallest absolute Gasteiger partial charge is 0.356 e. The maximum atomic E-state index is 10.8. The van der Waals surface area contributed by atoms with Crippen molar-refractivity contribution in [1.29, 1.82) is 0 Å². The van der Waals surface area contributed by atoms with Crippen molar-refractivity contribution in [3.05, 3.63) is 47.8 Å². The summed E-state index contributed by atoms with van der Waals surface area (Å²) in [6.07, 6.45) is 0.576. The number of carboxylic acid groups (broad SMARTS) is 1. The molecule has 16 heavy (non-hydrogen) atoms. The number of carboxylic acids is 1. The molecule has 0 unspecified atom stereocenters. The van der Waals surface area contributed by atoms with E-state index in [0.29, 0.717) is 12.0 Å². The maximum Gasteiger partial charge on any atom is 0.356 e. The van der Waals surface area contributed by atoms with Crippen LogP contribution in [0.2, 0.25) is 0 Å². The highest BCUT2D eigenvalue weighted by molar-refractivity contribution is 5.88. The van der Waals surface area contributed by atoms with Crippen molar-refractivity contribution < 1.29 is 14.7 Å². The second-order valence-corrected chi connectivity index (χ2v) is 3.12. The number of aromatic nitrogens is 2. The van der Waals surface area contributed by atoms with Gasteiger partial charge in [-0.3, -0.25) is 4.79 Å². The van der Waals surface area contributed by atoms with Gasteiger partial charge in [-0.05, 0) is 12.1 Å². The first-order chi connectivity index (χ1) is 7.72. The zero-order valence-corrected chi connectivity index (χ0v) is 8.20. The standard InChI is InChI=1S/C11H8N2O3/c14-7-9-6-10(11(15)16)12-13(9)8-4-2-1-3-5-8/h1-7H,(H,15,16). The third-order valence-electron chi connectivity index (χ3n) is 2.08. The number of rotatable bonds is 3. The Hall–Kier alpha value is -2.43. The number of carbonyl (C=O) groups is 2. The number of benzene rings is 1. The van der Waals surface area contributed by atoms with E-state index < -0.39 is 5.97 Å². The molecule has 0 fully saturated rings. The highest BCUT2D eigenvalue weighted by Gasteiger charge is 2.13. The molecule has 0 bridgehead atoms. The monoisotopic (exact) mass is 216 g/mol. The van der Waals surface area contributed by atoms with Crippen molar-refractivity contribution in [3.8, 4) is 5.69 Å². The molecule has 5 heteroatoms. The molecular weight excluding hydrogens is 208 g/mol. The summed E-state index contributed by atoms with van der Waals surface area (Å²) < 4.78 is 1.30. The zero-order chi connectivity index (χ0) is 11.5. The van der Waals surface area contributed by atoms with Crippen molar-refractivity contribution >= 4 is 12.3 Å². The Labute approximate surface area is 90.9 Å². The van der Waals surface area contributed by atoms with Gasteiger partial charge in [-0.2, -0.15) is 5.10 Å². The third kappa shape index (κ3) is 1.70. The summed E-state index contributed by atoms with van der Waals surface area (Å²) in [6.45, 7) is 0. The van der Waals surface area contributed by atoms with Crippen LogP contribution in [-0.4, -0.2) is 27.1 Å². The molecule has 1 aromatic carbocycles. The van der Waals surface area contributed by atoms with Gasteiger partial charge in [0, 0.05) is 6.07 Å². The molecular formula is C11H8N2O3. The molecule has 0 aliphatic rings. The molecule has 0 saturated heterocycles. The van der Waals surface area contributed by atoms with Gasteiger partial charge in [-0.1, -0.05) is 18.2 Å². The topological polar surface area (TPSA) is 72.2 Å². The number of hydrogen-bond donors (Lipinski definition) is 1. The van der Waals surface area contributed by atoms with E-state index in [1.807, 2.05) is 6.07 Å². The zero-order valence-electron chi connectivity index (χ0n) is 8.20. The van der Waals surface area contributed by atoms with Crippen LogP contribution in [0.3, 0.4) is 0 Å². The molecule has 0 aliphatic heterocycles. The second kappa shape index (κ2) is 3.98. The van der Waals surface area contributed by atoms with E-state index >= 15 is 0 Å². The van der Waals surface area contributed by atoms with E-state index in [9.17, 15) is 9.59 Å². The Bertz CT molecular complexity index is 531. The summed E-state index contributed by atoms with van der Waals surface area (Å²) in [4.78, 5) is 21.5. The molecule has 80 valence electrons. The van der Waals surface area contributed by atoms with Crippen molar-refractivity contribution in [2.24, 2.45) is 0 Å². The van der Waals surface area contributed by atoms with E-state index in [4.69, 9.17) is 5.11 Å². The molecule has 0 amide bonds. The summed E-state index contributed by atoms with van der Waals surface area (Å²) in [7, 11) is 0. The second-order valence-electron chi connectivity index (χ2n) is 3.12. The van der Waals surface area contributed by atoms with Gasteiger partial charge in [0.1, 0.15) is 5.69 Å². The number of para-hydroxylation sites is 1. The normalized spacial score (nSPS) is 10.0. The maximum absolute atomic E-state index is 10.8. The number of aldehydes is 1. The molecule has 0 radical (unpaired) electrons. The highest BCUT2D eigenvalue weighted by atomic mass is 16.4. The lowest BCUT2D eigenvalue weighted by molar-refractivity contribution is 0.0690. The van der Waals surface area contributed by atoms with E-state index in [-0.39, 0.29) is 11.4 Å². The van der Waals surface area contributed by atoms with Crippen LogP contribution in [0.5, 0.6) is 0 Å². The minimum Gasteiger partial charge on any atom is -0.476 e. The largest absolute Gasteiger partial charge is 0.476 e. The van der Waals surface area contributed by atoms with Crippen LogP contribution in [-0.2, 0) is 0 Å². The van der Waals surface area contributed by atoms with Crippen molar-refractivity contribution in [1.82, 2.24) is 9.78 Å². The first-order valence-corrected chi connectivity index (χ1v) is 4.56. The van der Waals surface area contributed by atoms with Crippen LogP contribution in [0.25, 0.3) is 5.69 Å². The molecule has 2 rings (SSSR count). The molecule has 5 nitrogen and oxygen atoms in total. The lowest BCUT2D eigenvalue weighted by Crippen LogP contribution is -2.03. The number of nitrogens with zero attached hydrogens (tertiary/aromatic N) is 2. The predicted molar refractivity (Wildman–Crippen MR) is 55.9 cm³/mol. The van der Waals surface area contributed by atoms with E-state index in [1.165, 1.54) is 10.7 Å². The lowest BCUT2D eigenvalue weighted by atomic mass is 10.3. The quantitative estimate of drug-likeness (QED) is 0.787. The van der Waals surface area contributed by atoms with Crippen molar-refractivity contribution in [2.45, 2.75) is 0 Å².